The highest BCUT2D eigenvalue weighted by molar-refractivity contribution is 7.92. The normalized spacial score (nSPS) is 11.0. The Labute approximate surface area is 158 Å². The molecule has 0 spiro atoms. The Kier molecular flexibility index (Phi) is 5.87. The molecule has 0 aliphatic heterocycles. The van der Waals surface area contributed by atoms with Crippen molar-refractivity contribution in [3.05, 3.63) is 72.3 Å². The molecule has 2 aromatic carbocycles. The van der Waals surface area contributed by atoms with E-state index in [1.165, 1.54) is 24.8 Å². The van der Waals surface area contributed by atoms with Crippen molar-refractivity contribution in [2.75, 3.05) is 23.7 Å². The van der Waals surface area contributed by atoms with E-state index < -0.39 is 10.0 Å². The van der Waals surface area contributed by atoms with Crippen molar-refractivity contribution >= 4 is 21.7 Å². The van der Waals surface area contributed by atoms with E-state index in [0.29, 0.717) is 18.1 Å². The summed E-state index contributed by atoms with van der Waals surface area (Å²) in [6.45, 7) is 0.704. The molecular weight excluding hydrogens is 364 g/mol. The number of hydrogen-bond acceptors (Lipinski definition) is 6. The Morgan fingerprint density at radius 3 is 2.19 bits per heavy atom. The lowest BCUT2D eigenvalue weighted by Crippen LogP contribution is -2.14. The van der Waals surface area contributed by atoms with Crippen molar-refractivity contribution in [1.82, 2.24) is 10.2 Å². The minimum atomic E-state index is -3.73. The highest BCUT2D eigenvalue weighted by Gasteiger charge is 2.15. The number of sulfonamides is 1. The van der Waals surface area contributed by atoms with E-state index in [2.05, 4.69) is 32.4 Å². The highest BCUT2D eigenvalue weighted by Crippen LogP contribution is 2.18. The lowest BCUT2D eigenvalue weighted by atomic mass is 10.1. The molecule has 0 aliphatic carbocycles. The van der Waals surface area contributed by atoms with E-state index in [4.69, 9.17) is 4.74 Å². The molecule has 0 saturated heterocycles. The molecule has 7 nitrogen and oxygen atoms in total. The van der Waals surface area contributed by atoms with Crippen molar-refractivity contribution in [2.45, 2.75) is 11.3 Å². The molecule has 0 fully saturated rings. The summed E-state index contributed by atoms with van der Waals surface area (Å²) in [5.74, 6) is 1.32. The van der Waals surface area contributed by atoms with Gasteiger partial charge >= 0.3 is 0 Å². The summed E-state index contributed by atoms with van der Waals surface area (Å²) in [4.78, 5) is 0.121. The quantitative estimate of drug-likeness (QED) is 0.620. The maximum absolute atomic E-state index is 12.4. The number of nitrogens with one attached hydrogen (secondary N) is 2. The molecule has 0 saturated carbocycles. The Morgan fingerprint density at radius 2 is 1.56 bits per heavy atom. The van der Waals surface area contributed by atoms with Crippen molar-refractivity contribution in [3.8, 4) is 5.75 Å². The Morgan fingerprint density at radius 1 is 0.889 bits per heavy atom. The Bertz CT molecular complexity index is 960. The van der Waals surface area contributed by atoms with Crippen molar-refractivity contribution < 1.29 is 13.2 Å². The van der Waals surface area contributed by atoms with Crippen molar-refractivity contribution in [1.29, 1.82) is 0 Å². The number of hydrogen-bond donors (Lipinski definition) is 2. The molecule has 0 aliphatic rings. The van der Waals surface area contributed by atoms with Crippen LogP contribution in [0.25, 0.3) is 0 Å². The predicted molar refractivity (Wildman–Crippen MR) is 104 cm³/mol. The largest absolute Gasteiger partial charge is 0.497 e. The molecule has 8 heteroatoms. The zero-order chi connectivity index (χ0) is 19.1. The Balaban J connectivity index is 1.57. The molecule has 0 bridgehead atoms. The van der Waals surface area contributed by atoms with Crippen LogP contribution < -0.4 is 14.8 Å². The topological polar surface area (TPSA) is 93.2 Å². The van der Waals surface area contributed by atoms with Gasteiger partial charge in [0.1, 0.15) is 11.6 Å². The van der Waals surface area contributed by atoms with Crippen molar-refractivity contribution in [3.63, 3.8) is 0 Å². The van der Waals surface area contributed by atoms with Crippen molar-refractivity contribution in [2.24, 2.45) is 0 Å². The van der Waals surface area contributed by atoms with Gasteiger partial charge in [0, 0.05) is 6.54 Å². The van der Waals surface area contributed by atoms with Gasteiger partial charge in [-0.25, -0.2) is 8.42 Å². The second-order valence-electron chi connectivity index (χ2n) is 5.75. The highest BCUT2D eigenvalue weighted by atomic mass is 32.2. The van der Waals surface area contributed by atoms with Crippen LogP contribution in [0.3, 0.4) is 0 Å². The first-order chi connectivity index (χ1) is 13.1. The summed E-state index contributed by atoms with van der Waals surface area (Å²) in [7, 11) is -2.21. The molecule has 0 unspecified atom stereocenters. The lowest BCUT2D eigenvalue weighted by molar-refractivity contribution is 0.414. The number of anilines is 2. The van der Waals surface area contributed by atoms with Gasteiger partial charge < -0.3 is 10.1 Å². The zero-order valence-corrected chi connectivity index (χ0v) is 15.6. The zero-order valence-electron chi connectivity index (χ0n) is 14.8. The van der Waals surface area contributed by atoms with Gasteiger partial charge in [-0.3, -0.25) is 4.72 Å². The van der Waals surface area contributed by atoms with Crippen LogP contribution in [-0.2, 0) is 16.4 Å². The maximum Gasteiger partial charge on any atom is 0.263 e. The minimum Gasteiger partial charge on any atom is -0.497 e. The summed E-state index contributed by atoms with van der Waals surface area (Å²) in [6, 6.07) is 19.5. The number of rotatable bonds is 8. The van der Waals surface area contributed by atoms with Gasteiger partial charge in [0.25, 0.3) is 10.0 Å². The number of ether oxygens (including phenoxy) is 1. The van der Waals surface area contributed by atoms with E-state index in [-0.39, 0.29) is 10.7 Å². The molecule has 0 radical (unpaired) electrons. The standard InChI is InChI=1S/C19H20N4O3S/c1-26-16-7-9-17(10-8-16)27(24,25)23-19-12-11-18(21-22-19)20-14-13-15-5-3-2-4-6-15/h2-12H,13-14H2,1H3,(H,20,21)(H,22,23). The summed E-state index contributed by atoms with van der Waals surface area (Å²) >= 11 is 0. The molecular formula is C19H20N4O3S. The van der Waals surface area contributed by atoms with Gasteiger partial charge in [0.15, 0.2) is 5.82 Å². The number of methoxy groups -OCH3 is 1. The average molecular weight is 384 g/mol. The van der Waals surface area contributed by atoms with E-state index in [9.17, 15) is 8.42 Å². The first-order valence-electron chi connectivity index (χ1n) is 8.35. The first kappa shape index (κ1) is 18.7. The van der Waals surface area contributed by atoms with Crippen LogP contribution in [0.1, 0.15) is 5.56 Å². The third kappa shape index (κ3) is 5.18. The van der Waals surface area contributed by atoms with Gasteiger partial charge in [0.05, 0.1) is 12.0 Å². The summed E-state index contributed by atoms with van der Waals surface area (Å²) in [5, 5.41) is 11.1. The molecule has 2 N–H and O–H groups in total. The van der Waals surface area contributed by atoms with Crippen LogP contribution in [0.15, 0.2) is 71.6 Å². The van der Waals surface area contributed by atoms with Gasteiger partial charge in [-0.05, 0) is 48.4 Å². The monoisotopic (exact) mass is 384 g/mol. The second-order valence-corrected chi connectivity index (χ2v) is 7.43. The summed E-state index contributed by atoms with van der Waals surface area (Å²) < 4.78 is 32.2. The molecule has 0 amide bonds. The summed E-state index contributed by atoms with van der Waals surface area (Å²) in [6.07, 6.45) is 0.856. The van der Waals surface area contributed by atoms with Crippen LogP contribution in [0.2, 0.25) is 0 Å². The molecule has 27 heavy (non-hydrogen) atoms. The van der Waals surface area contributed by atoms with E-state index in [1.807, 2.05) is 18.2 Å². The average Bonchev–Trinajstić information content (AvgIpc) is 2.70. The Hall–Kier alpha value is -3.13. The van der Waals surface area contributed by atoms with Gasteiger partial charge in [-0.15, -0.1) is 10.2 Å². The van der Waals surface area contributed by atoms with Crippen LogP contribution in [0, 0.1) is 0 Å². The van der Waals surface area contributed by atoms with Crippen LogP contribution in [0.5, 0.6) is 5.75 Å². The second kappa shape index (κ2) is 8.50. The fourth-order valence-electron chi connectivity index (χ4n) is 2.41. The predicted octanol–water partition coefficient (Wildman–Crippen LogP) is 2.94. The third-order valence-electron chi connectivity index (χ3n) is 3.84. The van der Waals surface area contributed by atoms with E-state index >= 15 is 0 Å². The van der Waals surface area contributed by atoms with Gasteiger partial charge in [-0.1, -0.05) is 30.3 Å². The SMILES string of the molecule is COc1ccc(S(=O)(=O)Nc2ccc(NCCc3ccccc3)nn2)cc1. The number of benzene rings is 2. The van der Waals surface area contributed by atoms with Gasteiger partial charge in [-0.2, -0.15) is 0 Å². The van der Waals surface area contributed by atoms with E-state index in [1.54, 1.807) is 24.3 Å². The van der Waals surface area contributed by atoms with Crippen LogP contribution >= 0.6 is 0 Å². The summed E-state index contributed by atoms with van der Waals surface area (Å²) in [5.41, 5.74) is 1.22. The third-order valence-corrected chi connectivity index (χ3v) is 5.21. The first-order valence-corrected chi connectivity index (χ1v) is 9.83. The maximum atomic E-state index is 12.4. The van der Waals surface area contributed by atoms with Gasteiger partial charge in [0.2, 0.25) is 0 Å². The molecule has 0 atom stereocenters. The number of nitrogens with zero attached hydrogens (tertiary/aromatic N) is 2. The fourth-order valence-corrected chi connectivity index (χ4v) is 3.41. The smallest absolute Gasteiger partial charge is 0.263 e. The molecule has 3 rings (SSSR count). The molecule has 3 aromatic rings. The fraction of sp³-hybridized carbons (Fsp3) is 0.158. The molecule has 1 aromatic heterocycles. The lowest BCUT2D eigenvalue weighted by Gasteiger charge is -2.09. The molecule has 1 heterocycles. The van der Waals surface area contributed by atoms with Crippen LogP contribution in [-0.4, -0.2) is 32.3 Å². The minimum absolute atomic E-state index is 0.121. The van der Waals surface area contributed by atoms with E-state index in [0.717, 1.165) is 6.42 Å². The molecule has 140 valence electrons. The van der Waals surface area contributed by atoms with Crippen LogP contribution in [0.4, 0.5) is 11.6 Å². The number of aromatic nitrogens is 2.